The van der Waals surface area contributed by atoms with Crippen molar-refractivity contribution >= 4 is 46.9 Å². The molecule has 4 aliphatic heterocycles. The van der Waals surface area contributed by atoms with Gasteiger partial charge in [0.1, 0.15) is 0 Å². The minimum Gasteiger partial charge on any atom is -0.436 e. The van der Waals surface area contributed by atoms with Crippen molar-refractivity contribution in [2.75, 3.05) is 71.3 Å². The summed E-state index contributed by atoms with van der Waals surface area (Å²) < 4.78 is 6.01. The third-order valence-electron chi connectivity index (χ3n) is 10.00. The molecule has 0 aromatic heterocycles. The largest absolute Gasteiger partial charge is 0.436 e. The maximum absolute atomic E-state index is 13.9. The van der Waals surface area contributed by atoms with Gasteiger partial charge in [-0.2, -0.15) is 0 Å². The molecule has 4 aliphatic rings. The number of rotatable bonds is 6. The van der Waals surface area contributed by atoms with Crippen LogP contribution in [0.5, 0.6) is 0 Å². The quantitative estimate of drug-likeness (QED) is 0.474. The van der Waals surface area contributed by atoms with Crippen LogP contribution in [0.2, 0.25) is 10.0 Å². The van der Waals surface area contributed by atoms with E-state index in [0.717, 1.165) is 62.3 Å². The number of ether oxygens (including phenoxy) is 1. The van der Waals surface area contributed by atoms with Gasteiger partial charge in [-0.05, 0) is 74.5 Å². The molecule has 4 amide bonds. The molecular formula is C34H44Cl2N6O4. The smallest absolute Gasteiger partial charge is 0.410 e. The number of piperazine rings is 1. The molecule has 2 aromatic carbocycles. The molecule has 0 aliphatic carbocycles. The van der Waals surface area contributed by atoms with Gasteiger partial charge >= 0.3 is 12.1 Å². The lowest BCUT2D eigenvalue weighted by atomic mass is 10.0. The molecule has 0 saturated carbocycles. The number of para-hydroxylation sites is 1. The molecule has 3 saturated heterocycles. The van der Waals surface area contributed by atoms with Gasteiger partial charge in [0.25, 0.3) is 5.91 Å². The van der Waals surface area contributed by atoms with E-state index in [4.69, 9.17) is 27.9 Å². The average molecular weight is 672 g/mol. The van der Waals surface area contributed by atoms with E-state index >= 15 is 0 Å². The predicted octanol–water partition coefficient (Wildman–Crippen LogP) is 4.83. The van der Waals surface area contributed by atoms with E-state index in [9.17, 15) is 14.4 Å². The SMILES string of the molecule is CN1CCN(C2CCN(C(=O)[C@@H](Cc3cc(Cl)cc(Cl)c3)OC(=O)N3CCC(N4CCc5ccccc5NC4=O)CC3)CC2)CC1. The van der Waals surface area contributed by atoms with E-state index in [1.807, 2.05) is 34.1 Å². The molecule has 0 spiro atoms. The monoisotopic (exact) mass is 670 g/mol. The standard InChI is InChI=1S/C34H44Cl2N6O4/c1-38-16-18-39(19-17-38)28-7-11-40(12-8-28)32(43)31(22-24-20-26(35)23-27(36)21-24)46-34(45)41-13-9-29(10-14-41)42-15-6-25-4-2-3-5-30(25)37-33(42)44/h2-5,20-21,23,28-29,31H,6-19,22H2,1H3,(H,37,44)/t31-/m1/s1. The summed E-state index contributed by atoms with van der Waals surface area (Å²) >= 11 is 12.6. The molecule has 2 aromatic rings. The second-order valence-electron chi connectivity index (χ2n) is 13.0. The molecule has 1 N–H and O–H groups in total. The molecule has 0 unspecified atom stereocenters. The van der Waals surface area contributed by atoms with E-state index < -0.39 is 12.2 Å². The number of amides is 4. The zero-order valence-corrected chi connectivity index (χ0v) is 28.0. The number of carbonyl (C=O) groups is 3. The van der Waals surface area contributed by atoms with Crippen LogP contribution in [0, 0.1) is 0 Å². The van der Waals surface area contributed by atoms with Crippen LogP contribution in [-0.4, -0.2) is 127 Å². The lowest BCUT2D eigenvalue weighted by Gasteiger charge is -2.42. The first-order valence-electron chi connectivity index (χ1n) is 16.5. The van der Waals surface area contributed by atoms with Gasteiger partial charge in [-0.15, -0.1) is 0 Å². The number of nitrogens with one attached hydrogen (secondary N) is 1. The van der Waals surface area contributed by atoms with Gasteiger partial charge in [0.2, 0.25) is 0 Å². The summed E-state index contributed by atoms with van der Waals surface area (Å²) in [5.74, 6) is -0.183. The molecule has 3 fully saturated rings. The normalized spacial score (nSPS) is 21.4. The van der Waals surface area contributed by atoms with Crippen molar-refractivity contribution in [2.45, 2.75) is 56.7 Å². The van der Waals surface area contributed by atoms with E-state index in [-0.39, 0.29) is 24.4 Å². The maximum atomic E-state index is 13.9. The predicted molar refractivity (Wildman–Crippen MR) is 180 cm³/mol. The number of fused-ring (bicyclic) bond motifs is 1. The number of piperidine rings is 2. The number of hydrogen-bond donors (Lipinski definition) is 1. The van der Waals surface area contributed by atoms with Crippen LogP contribution in [0.3, 0.4) is 0 Å². The van der Waals surface area contributed by atoms with E-state index in [0.29, 0.717) is 61.7 Å². The number of anilines is 1. The summed E-state index contributed by atoms with van der Waals surface area (Å²) in [6, 6.07) is 13.4. The van der Waals surface area contributed by atoms with Crippen molar-refractivity contribution in [3.8, 4) is 0 Å². The Bertz CT molecular complexity index is 1380. The lowest BCUT2D eigenvalue weighted by Crippen LogP contribution is -2.54. The number of urea groups is 1. The number of hydrogen-bond acceptors (Lipinski definition) is 6. The summed E-state index contributed by atoms with van der Waals surface area (Å²) in [6.45, 7) is 7.02. The fourth-order valence-electron chi connectivity index (χ4n) is 7.26. The minimum absolute atomic E-state index is 0.0194. The third kappa shape index (κ3) is 7.90. The topological polar surface area (TPSA) is 88.7 Å². The Balaban J connectivity index is 1.07. The third-order valence-corrected chi connectivity index (χ3v) is 10.4. The Labute approximate surface area is 281 Å². The van der Waals surface area contributed by atoms with E-state index in [2.05, 4.69) is 22.2 Å². The highest BCUT2D eigenvalue weighted by Gasteiger charge is 2.36. The molecule has 12 heteroatoms. The molecule has 1 atom stereocenters. The Hall–Kier alpha value is -3.05. The fraction of sp³-hybridized carbons (Fsp3) is 0.559. The Kier molecular flexibility index (Phi) is 10.6. The first-order valence-corrected chi connectivity index (χ1v) is 17.3. The van der Waals surface area contributed by atoms with Gasteiger partial charge in [-0.25, -0.2) is 9.59 Å². The van der Waals surface area contributed by atoms with Crippen molar-refractivity contribution in [1.82, 2.24) is 24.5 Å². The van der Waals surface area contributed by atoms with Gasteiger partial charge in [0, 0.05) is 93.1 Å². The Morgan fingerprint density at radius 3 is 2.17 bits per heavy atom. The molecule has 0 radical (unpaired) electrons. The minimum atomic E-state index is -0.991. The first kappa shape index (κ1) is 32.9. The van der Waals surface area contributed by atoms with Crippen molar-refractivity contribution < 1.29 is 19.1 Å². The molecule has 4 heterocycles. The number of nitrogens with zero attached hydrogens (tertiary/aromatic N) is 5. The van der Waals surface area contributed by atoms with Crippen LogP contribution in [-0.2, 0) is 22.4 Å². The second-order valence-corrected chi connectivity index (χ2v) is 13.9. The van der Waals surface area contributed by atoms with Gasteiger partial charge < -0.3 is 29.7 Å². The molecule has 6 rings (SSSR count). The highest BCUT2D eigenvalue weighted by molar-refractivity contribution is 6.34. The van der Waals surface area contributed by atoms with Crippen molar-refractivity contribution in [3.63, 3.8) is 0 Å². The van der Waals surface area contributed by atoms with Crippen LogP contribution < -0.4 is 5.32 Å². The van der Waals surface area contributed by atoms with Crippen molar-refractivity contribution in [3.05, 3.63) is 63.6 Å². The first-order chi connectivity index (χ1) is 22.2. The van der Waals surface area contributed by atoms with Crippen molar-refractivity contribution in [2.24, 2.45) is 0 Å². The number of likely N-dealkylation sites (tertiary alicyclic amines) is 2. The number of carbonyl (C=O) groups excluding carboxylic acids is 3. The fourth-order valence-corrected chi connectivity index (χ4v) is 7.83. The summed E-state index contributed by atoms with van der Waals surface area (Å²) in [5.41, 5.74) is 2.72. The summed E-state index contributed by atoms with van der Waals surface area (Å²) in [4.78, 5) is 50.8. The molecule has 10 nitrogen and oxygen atoms in total. The summed E-state index contributed by atoms with van der Waals surface area (Å²) in [7, 11) is 2.16. The van der Waals surface area contributed by atoms with Crippen molar-refractivity contribution in [1.29, 1.82) is 0 Å². The number of benzene rings is 2. The Morgan fingerprint density at radius 2 is 1.48 bits per heavy atom. The number of likely N-dealkylation sites (N-methyl/N-ethyl adjacent to an activating group) is 1. The second kappa shape index (κ2) is 14.8. The highest BCUT2D eigenvalue weighted by atomic mass is 35.5. The molecule has 0 bridgehead atoms. The van der Waals surface area contributed by atoms with Crippen LogP contribution in [0.1, 0.15) is 36.8 Å². The average Bonchev–Trinajstić information content (AvgIpc) is 3.22. The van der Waals surface area contributed by atoms with E-state index in [1.54, 1.807) is 23.1 Å². The van der Waals surface area contributed by atoms with Gasteiger partial charge in [-0.1, -0.05) is 41.4 Å². The molecule has 248 valence electrons. The zero-order chi connectivity index (χ0) is 32.2. The maximum Gasteiger partial charge on any atom is 0.410 e. The lowest BCUT2D eigenvalue weighted by molar-refractivity contribution is -0.142. The molecular weight excluding hydrogens is 627 g/mol. The summed E-state index contributed by atoms with van der Waals surface area (Å²) in [5, 5.41) is 3.98. The number of halogens is 2. The van der Waals surface area contributed by atoms with Gasteiger partial charge in [0.15, 0.2) is 6.10 Å². The van der Waals surface area contributed by atoms with E-state index in [1.165, 1.54) is 0 Å². The Morgan fingerprint density at radius 1 is 0.848 bits per heavy atom. The van der Waals surface area contributed by atoms with Crippen LogP contribution in [0.15, 0.2) is 42.5 Å². The highest BCUT2D eigenvalue weighted by Crippen LogP contribution is 2.27. The molecule has 46 heavy (non-hydrogen) atoms. The summed E-state index contributed by atoms with van der Waals surface area (Å²) in [6.07, 6.45) is 2.56. The van der Waals surface area contributed by atoms with Crippen LogP contribution in [0.25, 0.3) is 0 Å². The van der Waals surface area contributed by atoms with Crippen LogP contribution >= 0.6 is 23.2 Å². The zero-order valence-electron chi connectivity index (χ0n) is 26.5. The van der Waals surface area contributed by atoms with Gasteiger partial charge in [0.05, 0.1) is 0 Å². The van der Waals surface area contributed by atoms with Gasteiger partial charge in [-0.3, -0.25) is 9.69 Å². The van der Waals surface area contributed by atoms with Crippen LogP contribution in [0.4, 0.5) is 15.3 Å².